The van der Waals surface area contributed by atoms with E-state index in [1.54, 1.807) is 11.3 Å². The van der Waals surface area contributed by atoms with E-state index in [2.05, 4.69) is 29.5 Å². The Morgan fingerprint density at radius 3 is 3.19 bits per heavy atom. The van der Waals surface area contributed by atoms with E-state index >= 15 is 0 Å². The van der Waals surface area contributed by atoms with Crippen molar-refractivity contribution in [3.63, 3.8) is 0 Å². The fraction of sp³-hybridized carbons (Fsp3) is 0.750. The molecule has 0 radical (unpaired) electrons. The highest BCUT2D eigenvalue weighted by atomic mass is 32.1. The van der Waals surface area contributed by atoms with Gasteiger partial charge in [0.25, 0.3) is 0 Å². The summed E-state index contributed by atoms with van der Waals surface area (Å²) in [4.78, 5) is 4.67. The molecule has 16 heavy (non-hydrogen) atoms. The highest BCUT2D eigenvalue weighted by molar-refractivity contribution is 7.09. The van der Waals surface area contributed by atoms with Gasteiger partial charge in [-0.2, -0.15) is 0 Å². The third-order valence-corrected chi connectivity index (χ3v) is 3.76. The van der Waals surface area contributed by atoms with Crippen molar-refractivity contribution in [1.29, 1.82) is 0 Å². The van der Waals surface area contributed by atoms with Gasteiger partial charge in [0, 0.05) is 24.4 Å². The standard InChI is InChI=1S/C12H20N2OS/c1-9(2)5-13-6-11-8-16-12(14-11)10-3-4-15-7-10/h8-10,13H,3-7H2,1-2H3. The van der Waals surface area contributed by atoms with Gasteiger partial charge in [0.05, 0.1) is 17.3 Å². The minimum absolute atomic E-state index is 0.545. The summed E-state index contributed by atoms with van der Waals surface area (Å²) in [6.45, 7) is 8.13. The number of nitrogens with zero attached hydrogens (tertiary/aromatic N) is 1. The summed E-state index contributed by atoms with van der Waals surface area (Å²) in [7, 11) is 0. The molecule has 1 aliphatic rings. The number of ether oxygens (including phenoxy) is 1. The SMILES string of the molecule is CC(C)CNCc1csc(C2CCOC2)n1. The van der Waals surface area contributed by atoms with E-state index in [9.17, 15) is 0 Å². The number of nitrogens with one attached hydrogen (secondary N) is 1. The van der Waals surface area contributed by atoms with Crippen LogP contribution in [0.2, 0.25) is 0 Å². The van der Waals surface area contributed by atoms with Crippen LogP contribution in [0.5, 0.6) is 0 Å². The van der Waals surface area contributed by atoms with Crippen LogP contribution < -0.4 is 5.32 Å². The Morgan fingerprint density at radius 2 is 2.50 bits per heavy atom. The second-order valence-electron chi connectivity index (χ2n) is 4.76. The first kappa shape index (κ1) is 12.0. The highest BCUT2D eigenvalue weighted by Gasteiger charge is 2.20. The van der Waals surface area contributed by atoms with Crippen LogP contribution in [0.1, 0.15) is 36.9 Å². The predicted octanol–water partition coefficient (Wildman–Crippen LogP) is 2.39. The Morgan fingerprint density at radius 1 is 1.62 bits per heavy atom. The summed E-state index contributed by atoms with van der Waals surface area (Å²) in [5, 5.41) is 6.83. The van der Waals surface area contributed by atoms with Crippen LogP contribution in [0.25, 0.3) is 0 Å². The monoisotopic (exact) mass is 240 g/mol. The normalized spacial score (nSPS) is 20.8. The molecule has 0 aromatic carbocycles. The molecular weight excluding hydrogens is 220 g/mol. The second-order valence-corrected chi connectivity index (χ2v) is 5.65. The summed E-state index contributed by atoms with van der Waals surface area (Å²) in [6, 6.07) is 0. The molecule has 1 aliphatic heterocycles. The van der Waals surface area contributed by atoms with Crippen LogP contribution in [-0.2, 0) is 11.3 Å². The second kappa shape index (κ2) is 5.75. The van der Waals surface area contributed by atoms with Crippen molar-refractivity contribution < 1.29 is 4.74 Å². The Kier molecular flexibility index (Phi) is 4.32. The maximum atomic E-state index is 5.38. The third kappa shape index (κ3) is 3.27. The summed E-state index contributed by atoms with van der Waals surface area (Å²) < 4.78 is 5.38. The molecule has 2 heterocycles. The topological polar surface area (TPSA) is 34.1 Å². The molecule has 0 bridgehead atoms. The first-order valence-corrected chi connectivity index (χ1v) is 6.86. The fourth-order valence-corrected chi connectivity index (χ4v) is 2.75. The van der Waals surface area contributed by atoms with E-state index in [0.717, 1.165) is 32.7 Å². The van der Waals surface area contributed by atoms with Gasteiger partial charge >= 0.3 is 0 Å². The van der Waals surface area contributed by atoms with E-state index < -0.39 is 0 Å². The lowest BCUT2D eigenvalue weighted by molar-refractivity contribution is 0.194. The van der Waals surface area contributed by atoms with Crippen LogP contribution in [0.15, 0.2) is 5.38 Å². The molecule has 1 unspecified atom stereocenters. The smallest absolute Gasteiger partial charge is 0.0983 e. The van der Waals surface area contributed by atoms with E-state index in [4.69, 9.17) is 4.74 Å². The van der Waals surface area contributed by atoms with Crippen molar-refractivity contribution in [2.75, 3.05) is 19.8 Å². The largest absolute Gasteiger partial charge is 0.381 e. The number of aromatic nitrogens is 1. The van der Waals surface area contributed by atoms with Crippen LogP contribution in [0.4, 0.5) is 0 Å². The van der Waals surface area contributed by atoms with Gasteiger partial charge in [0.15, 0.2) is 0 Å². The Balaban J connectivity index is 1.82. The lowest BCUT2D eigenvalue weighted by Crippen LogP contribution is -2.19. The maximum absolute atomic E-state index is 5.38. The van der Waals surface area contributed by atoms with Crippen LogP contribution >= 0.6 is 11.3 Å². The molecule has 4 heteroatoms. The maximum Gasteiger partial charge on any atom is 0.0983 e. The molecule has 90 valence electrons. The Bertz CT molecular complexity index is 319. The van der Waals surface area contributed by atoms with Crippen molar-refractivity contribution in [2.24, 2.45) is 5.92 Å². The lowest BCUT2D eigenvalue weighted by atomic mass is 10.1. The molecule has 0 saturated carbocycles. The van der Waals surface area contributed by atoms with Gasteiger partial charge in [-0.1, -0.05) is 13.8 Å². The average molecular weight is 240 g/mol. The first-order valence-electron chi connectivity index (χ1n) is 5.98. The van der Waals surface area contributed by atoms with Crippen molar-refractivity contribution >= 4 is 11.3 Å². The van der Waals surface area contributed by atoms with E-state index in [1.165, 1.54) is 10.7 Å². The molecule has 1 saturated heterocycles. The summed E-state index contributed by atoms with van der Waals surface area (Å²) in [5.41, 5.74) is 1.17. The van der Waals surface area contributed by atoms with E-state index in [0.29, 0.717) is 11.8 Å². The van der Waals surface area contributed by atoms with Crippen molar-refractivity contribution in [1.82, 2.24) is 10.3 Å². The van der Waals surface area contributed by atoms with Crippen LogP contribution in [0, 0.1) is 5.92 Å². The number of rotatable bonds is 5. The number of hydrogen-bond acceptors (Lipinski definition) is 4. The molecule has 1 aromatic heterocycles. The highest BCUT2D eigenvalue weighted by Crippen LogP contribution is 2.27. The van der Waals surface area contributed by atoms with Gasteiger partial charge in [-0.05, 0) is 18.9 Å². The van der Waals surface area contributed by atoms with Crippen molar-refractivity contribution in [2.45, 2.75) is 32.7 Å². The molecule has 1 aromatic rings. The van der Waals surface area contributed by atoms with Gasteiger partial charge in [-0.15, -0.1) is 11.3 Å². The van der Waals surface area contributed by atoms with E-state index in [1.807, 2.05) is 0 Å². The van der Waals surface area contributed by atoms with Crippen molar-refractivity contribution in [3.8, 4) is 0 Å². The zero-order chi connectivity index (χ0) is 11.4. The van der Waals surface area contributed by atoms with Crippen LogP contribution in [0.3, 0.4) is 0 Å². The minimum atomic E-state index is 0.545. The Hall–Kier alpha value is -0.450. The molecule has 0 amide bonds. The van der Waals surface area contributed by atoms with Gasteiger partial charge in [-0.3, -0.25) is 0 Å². The molecule has 1 N–H and O–H groups in total. The zero-order valence-electron chi connectivity index (χ0n) is 10.0. The molecule has 0 aliphatic carbocycles. The predicted molar refractivity (Wildman–Crippen MR) is 66.8 cm³/mol. The first-order chi connectivity index (χ1) is 7.75. The molecular formula is C12H20N2OS. The molecule has 0 spiro atoms. The van der Waals surface area contributed by atoms with Crippen LogP contribution in [-0.4, -0.2) is 24.7 Å². The molecule has 2 rings (SSSR count). The number of thiazole rings is 1. The lowest BCUT2D eigenvalue weighted by Gasteiger charge is -2.05. The molecule has 1 fully saturated rings. The fourth-order valence-electron chi connectivity index (χ4n) is 1.81. The summed E-state index contributed by atoms with van der Waals surface area (Å²) in [5.74, 6) is 1.24. The van der Waals surface area contributed by atoms with Crippen molar-refractivity contribution in [3.05, 3.63) is 16.1 Å². The number of hydrogen-bond donors (Lipinski definition) is 1. The van der Waals surface area contributed by atoms with Gasteiger partial charge in [0.2, 0.25) is 0 Å². The summed E-state index contributed by atoms with van der Waals surface area (Å²) >= 11 is 1.77. The zero-order valence-corrected chi connectivity index (χ0v) is 10.8. The molecule has 3 nitrogen and oxygen atoms in total. The quantitative estimate of drug-likeness (QED) is 0.858. The molecule has 1 atom stereocenters. The average Bonchev–Trinajstić information content (AvgIpc) is 2.85. The van der Waals surface area contributed by atoms with Gasteiger partial charge in [-0.25, -0.2) is 4.98 Å². The van der Waals surface area contributed by atoms with E-state index in [-0.39, 0.29) is 0 Å². The van der Waals surface area contributed by atoms with Gasteiger partial charge < -0.3 is 10.1 Å². The summed E-state index contributed by atoms with van der Waals surface area (Å²) in [6.07, 6.45) is 1.13. The Labute approximate surface area is 101 Å². The minimum Gasteiger partial charge on any atom is -0.381 e. The third-order valence-electron chi connectivity index (χ3n) is 2.71. The van der Waals surface area contributed by atoms with Gasteiger partial charge in [0.1, 0.15) is 0 Å².